The SMILES string of the molecule is O=C(O)c1ccc(-c2cccc3c2OCCO3)s1. The fourth-order valence-corrected chi connectivity index (χ4v) is 2.73. The highest BCUT2D eigenvalue weighted by Gasteiger charge is 2.18. The normalized spacial score (nSPS) is 13.3. The van der Waals surface area contributed by atoms with Crippen molar-refractivity contribution in [1.82, 2.24) is 0 Å². The number of carboxylic acids is 1. The van der Waals surface area contributed by atoms with E-state index < -0.39 is 5.97 Å². The van der Waals surface area contributed by atoms with Gasteiger partial charge in [0.25, 0.3) is 0 Å². The number of ether oxygens (including phenoxy) is 2. The largest absolute Gasteiger partial charge is 0.486 e. The molecule has 0 radical (unpaired) electrons. The molecule has 0 spiro atoms. The van der Waals surface area contributed by atoms with Crippen molar-refractivity contribution < 1.29 is 19.4 Å². The molecule has 5 heteroatoms. The highest BCUT2D eigenvalue weighted by molar-refractivity contribution is 7.17. The number of para-hydroxylation sites is 1. The van der Waals surface area contributed by atoms with Gasteiger partial charge >= 0.3 is 5.97 Å². The average molecular weight is 262 g/mol. The summed E-state index contributed by atoms with van der Waals surface area (Å²) in [5.74, 6) is 0.500. The van der Waals surface area contributed by atoms with Gasteiger partial charge in [-0.2, -0.15) is 0 Å². The van der Waals surface area contributed by atoms with E-state index in [4.69, 9.17) is 14.6 Å². The quantitative estimate of drug-likeness (QED) is 0.904. The summed E-state index contributed by atoms with van der Waals surface area (Å²) in [7, 11) is 0. The molecule has 0 saturated carbocycles. The van der Waals surface area contributed by atoms with Crippen LogP contribution in [-0.2, 0) is 0 Å². The van der Waals surface area contributed by atoms with E-state index in [1.165, 1.54) is 11.3 Å². The number of carboxylic acid groups (broad SMARTS) is 1. The van der Waals surface area contributed by atoms with Gasteiger partial charge in [0, 0.05) is 10.4 Å². The fourth-order valence-electron chi connectivity index (χ4n) is 1.87. The molecule has 2 aromatic rings. The molecule has 1 N–H and O–H groups in total. The smallest absolute Gasteiger partial charge is 0.345 e. The van der Waals surface area contributed by atoms with Crippen LogP contribution in [0.3, 0.4) is 0 Å². The molecule has 0 fully saturated rings. The van der Waals surface area contributed by atoms with Crippen LogP contribution in [0.2, 0.25) is 0 Å². The molecule has 3 rings (SSSR count). The van der Waals surface area contributed by atoms with Crippen LogP contribution in [-0.4, -0.2) is 24.3 Å². The zero-order valence-electron chi connectivity index (χ0n) is 9.38. The highest BCUT2D eigenvalue weighted by Crippen LogP contribution is 2.42. The number of rotatable bonds is 2. The second-order valence-electron chi connectivity index (χ2n) is 3.80. The van der Waals surface area contributed by atoms with Crippen LogP contribution in [0, 0.1) is 0 Å². The number of benzene rings is 1. The van der Waals surface area contributed by atoms with Gasteiger partial charge in [0.1, 0.15) is 18.1 Å². The van der Waals surface area contributed by atoms with Gasteiger partial charge in [-0.1, -0.05) is 6.07 Å². The van der Waals surface area contributed by atoms with Crippen LogP contribution in [0.25, 0.3) is 10.4 Å². The Bertz CT molecular complexity index is 603. The lowest BCUT2D eigenvalue weighted by Crippen LogP contribution is -2.15. The van der Waals surface area contributed by atoms with E-state index >= 15 is 0 Å². The van der Waals surface area contributed by atoms with Gasteiger partial charge in [-0.05, 0) is 24.3 Å². The summed E-state index contributed by atoms with van der Waals surface area (Å²) in [4.78, 5) is 12.1. The van der Waals surface area contributed by atoms with Gasteiger partial charge in [-0.15, -0.1) is 11.3 Å². The Morgan fingerprint density at radius 3 is 2.78 bits per heavy atom. The summed E-state index contributed by atoms with van der Waals surface area (Å²) >= 11 is 1.23. The van der Waals surface area contributed by atoms with Gasteiger partial charge in [0.15, 0.2) is 11.5 Å². The molecule has 0 saturated heterocycles. The molecular formula is C13H10O4S. The lowest BCUT2D eigenvalue weighted by molar-refractivity contribution is 0.0702. The van der Waals surface area contributed by atoms with E-state index in [-0.39, 0.29) is 0 Å². The number of aromatic carboxylic acids is 1. The Labute approximate surface area is 107 Å². The maximum absolute atomic E-state index is 10.9. The fraction of sp³-hybridized carbons (Fsp3) is 0.154. The molecule has 18 heavy (non-hydrogen) atoms. The summed E-state index contributed by atoms with van der Waals surface area (Å²) in [6.07, 6.45) is 0. The van der Waals surface area contributed by atoms with Crippen molar-refractivity contribution in [2.75, 3.05) is 13.2 Å². The topological polar surface area (TPSA) is 55.8 Å². The lowest BCUT2D eigenvalue weighted by Gasteiger charge is -2.20. The summed E-state index contributed by atoms with van der Waals surface area (Å²) < 4.78 is 11.1. The predicted octanol–water partition coefficient (Wildman–Crippen LogP) is 2.88. The van der Waals surface area contributed by atoms with Gasteiger partial charge in [-0.3, -0.25) is 0 Å². The van der Waals surface area contributed by atoms with Crippen LogP contribution in [0.1, 0.15) is 9.67 Å². The molecule has 2 heterocycles. The van der Waals surface area contributed by atoms with E-state index in [0.717, 1.165) is 10.4 Å². The van der Waals surface area contributed by atoms with E-state index in [2.05, 4.69) is 0 Å². The summed E-state index contributed by atoms with van der Waals surface area (Å²) in [6, 6.07) is 9.03. The first kappa shape index (κ1) is 11.1. The van der Waals surface area contributed by atoms with Crippen molar-refractivity contribution in [2.24, 2.45) is 0 Å². The molecular weight excluding hydrogens is 252 g/mol. The molecule has 0 aliphatic carbocycles. The molecule has 92 valence electrons. The van der Waals surface area contributed by atoms with E-state index in [9.17, 15) is 4.79 Å². The first-order chi connectivity index (χ1) is 8.75. The molecule has 1 aromatic carbocycles. The standard InChI is InChI=1S/C13H10O4S/c14-13(15)11-5-4-10(18-11)8-2-1-3-9-12(8)17-7-6-16-9/h1-5H,6-7H2,(H,14,15). The van der Waals surface area contributed by atoms with Crippen molar-refractivity contribution in [3.05, 3.63) is 35.2 Å². The van der Waals surface area contributed by atoms with Crippen LogP contribution in [0.5, 0.6) is 11.5 Å². The Morgan fingerprint density at radius 1 is 1.17 bits per heavy atom. The maximum atomic E-state index is 10.9. The van der Waals surface area contributed by atoms with E-state index in [1.54, 1.807) is 12.1 Å². The van der Waals surface area contributed by atoms with Gasteiger partial charge in [-0.25, -0.2) is 4.79 Å². The average Bonchev–Trinajstić information content (AvgIpc) is 2.87. The zero-order valence-corrected chi connectivity index (χ0v) is 10.2. The Balaban J connectivity index is 2.08. The third-order valence-electron chi connectivity index (χ3n) is 2.65. The van der Waals surface area contributed by atoms with Crippen LogP contribution in [0.15, 0.2) is 30.3 Å². The second kappa shape index (κ2) is 4.34. The Morgan fingerprint density at radius 2 is 2.00 bits per heavy atom. The van der Waals surface area contributed by atoms with Crippen LogP contribution < -0.4 is 9.47 Å². The third kappa shape index (κ3) is 1.82. The third-order valence-corrected chi connectivity index (χ3v) is 3.75. The van der Waals surface area contributed by atoms with Crippen molar-refractivity contribution in [2.45, 2.75) is 0 Å². The minimum atomic E-state index is -0.909. The van der Waals surface area contributed by atoms with Gasteiger partial charge in [0.2, 0.25) is 0 Å². The van der Waals surface area contributed by atoms with E-state index in [1.807, 2.05) is 18.2 Å². The van der Waals surface area contributed by atoms with Gasteiger partial charge in [0.05, 0.1) is 0 Å². The molecule has 0 bridgehead atoms. The Kier molecular flexibility index (Phi) is 2.68. The molecule has 4 nitrogen and oxygen atoms in total. The summed E-state index contributed by atoms with van der Waals surface area (Å²) in [6.45, 7) is 1.06. The number of hydrogen-bond acceptors (Lipinski definition) is 4. The Hall–Kier alpha value is -2.01. The predicted molar refractivity (Wildman–Crippen MR) is 67.7 cm³/mol. The van der Waals surface area contributed by atoms with Crippen molar-refractivity contribution in [1.29, 1.82) is 0 Å². The van der Waals surface area contributed by atoms with Crippen molar-refractivity contribution in [3.8, 4) is 21.9 Å². The molecule has 0 unspecified atom stereocenters. The monoisotopic (exact) mass is 262 g/mol. The maximum Gasteiger partial charge on any atom is 0.345 e. The van der Waals surface area contributed by atoms with Crippen LogP contribution in [0.4, 0.5) is 0 Å². The molecule has 1 aliphatic rings. The van der Waals surface area contributed by atoms with Crippen molar-refractivity contribution >= 4 is 17.3 Å². The highest BCUT2D eigenvalue weighted by atomic mass is 32.1. The number of carbonyl (C=O) groups is 1. The molecule has 1 aromatic heterocycles. The number of fused-ring (bicyclic) bond motifs is 1. The minimum absolute atomic E-state index is 0.319. The van der Waals surface area contributed by atoms with Crippen molar-refractivity contribution in [3.63, 3.8) is 0 Å². The zero-order chi connectivity index (χ0) is 12.5. The molecule has 0 amide bonds. The first-order valence-electron chi connectivity index (χ1n) is 5.48. The van der Waals surface area contributed by atoms with Gasteiger partial charge < -0.3 is 14.6 Å². The lowest BCUT2D eigenvalue weighted by atomic mass is 10.1. The van der Waals surface area contributed by atoms with Crippen LogP contribution >= 0.6 is 11.3 Å². The first-order valence-corrected chi connectivity index (χ1v) is 6.29. The minimum Gasteiger partial charge on any atom is -0.486 e. The number of thiophene rings is 1. The molecule has 0 atom stereocenters. The van der Waals surface area contributed by atoms with E-state index in [0.29, 0.717) is 29.6 Å². The number of hydrogen-bond donors (Lipinski definition) is 1. The summed E-state index contributed by atoms with van der Waals surface area (Å²) in [5, 5.41) is 8.94. The molecule has 1 aliphatic heterocycles. The summed E-state index contributed by atoms with van der Waals surface area (Å²) in [5.41, 5.74) is 0.879. The second-order valence-corrected chi connectivity index (χ2v) is 4.88.